The van der Waals surface area contributed by atoms with Crippen LogP contribution in [0.15, 0.2) is 30.4 Å². The Morgan fingerprint density at radius 3 is 2.71 bits per heavy atom. The first-order valence-corrected chi connectivity index (χ1v) is 5.85. The quantitative estimate of drug-likeness (QED) is 0.444. The van der Waals surface area contributed by atoms with E-state index in [0.29, 0.717) is 12.1 Å². The average Bonchev–Trinajstić information content (AvgIpc) is 2.30. The van der Waals surface area contributed by atoms with Gasteiger partial charge in [-0.3, -0.25) is 0 Å². The molecule has 1 aromatic rings. The lowest BCUT2D eigenvalue weighted by Gasteiger charge is -2.10. The second kappa shape index (κ2) is 7.15. The van der Waals surface area contributed by atoms with Gasteiger partial charge < -0.3 is 14.8 Å². The van der Waals surface area contributed by atoms with E-state index in [9.17, 15) is 0 Å². The summed E-state index contributed by atoms with van der Waals surface area (Å²) in [6.45, 7) is 4.57. The van der Waals surface area contributed by atoms with E-state index in [2.05, 4.69) is 6.08 Å². The van der Waals surface area contributed by atoms with E-state index in [-0.39, 0.29) is 0 Å². The Hall–Kier alpha value is -1.26. The number of allylic oxidation sites excluding steroid dienone is 2. The SMILES string of the molecule is CC=CCCCOc1ccc(B(O)O)cc1C. The van der Waals surface area contributed by atoms with Gasteiger partial charge in [-0.05, 0) is 43.8 Å². The summed E-state index contributed by atoms with van der Waals surface area (Å²) < 4.78 is 5.62. The van der Waals surface area contributed by atoms with Crippen LogP contribution in [-0.4, -0.2) is 23.8 Å². The topological polar surface area (TPSA) is 49.7 Å². The molecule has 0 unspecified atom stereocenters. The maximum absolute atomic E-state index is 9.02. The average molecular weight is 234 g/mol. The Bertz CT molecular complexity index is 375. The molecule has 0 radical (unpaired) electrons. The van der Waals surface area contributed by atoms with E-state index in [0.717, 1.165) is 24.2 Å². The van der Waals surface area contributed by atoms with Gasteiger partial charge in [-0.2, -0.15) is 0 Å². The highest BCUT2D eigenvalue weighted by molar-refractivity contribution is 6.58. The largest absolute Gasteiger partial charge is 0.493 e. The van der Waals surface area contributed by atoms with Crippen molar-refractivity contribution in [1.29, 1.82) is 0 Å². The van der Waals surface area contributed by atoms with Gasteiger partial charge in [0.1, 0.15) is 5.75 Å². The summed E-state index contributed by atoms with van der Waals surface area (Å²) in [5, 5.41) is 18.0. The fourth-order valence-corrected chi connectivity index (χ4v) is 1.55. The lowest BCUT2D eigenvalue weighted by Crippen LogP contribution is -2.29. The molecule has 0 spiro atoms. The Balaban J connectivity index is 2.49. The molecule has 4 heteroatoms. The zero-order valence-electron chi connectivity index (χ0n) is 10.4. The molecule has 0 atom stereocenters. The van der Waals surface area contributed by atoms with Crippen LogP contribution in [0, 0.1) is 6.92 Å². The first-order valence-electron chi connectivity index (χ1n) is 5.85. The number of hydrogen-bond acceptors (Lipinski definition) is 3. The first kappa shape index (κ1) is 13.8. The molecule has 3 nitrogen and oxygen atoms in total. The van der Waals surface area contributed by atoms with Gasteiger partial charge in [0.25, 0.3) is 0 Å². The van der Waals surface area contributed by atoms with Gasteiger partial charge in [0.15, 0.2) is 0 Å². The first-order chi connectivity index (χ1) is 8.15. The van der Waals surface area contributed by atoms with Crippen molar-refractivity contribution in [3.63, 3.8) is 0 Å². The molecule has 0 aliphatic heterocycles. The highest BCUT2D eigenvalue weighted by atomic mass is 16.5. The molecule has 0 saturated heterocycles. The minimum absolute atomic E-state index is 0.490. The number of unbranched alkanes of at least 4 members (excludes halogenated alkanes) is 1. The van der Waals surface area contributed by atoms with Crippen LogP contribution in [-0.2, 0) is 0 Å². The molecule has 0 aliphatic rings. The van der Waals surface area contributed by atoms with Gasteiger partial charge in [0.2, 0.25) is 0 Å². The molecule has 0 bridgehead atoms. The molecule has 92 valence electrons. The number of benzene rings is 1. The number of rotatable bonds is 6. The maximum atomic E-state index is 9.02. The van der Waals surface area contributed by atoms with Crippen LogP contribution in [0.1, 0.15) is 25.3 Å². The molecule has 1 aromatic carbocycles. The number of ether oxygens (including phenoxy) is 1. The minimum Gasteiger partial charge on any atom is -0.493 e. The summed E-state index contributed by atoms with van der Waals surface area (Å²) in [6.07, 6.45) is 6.14. The van der Waals surface area contributed by atoms with Crippen molar-refractivity contribution >= 4 is 12.6 Å². The predicted molar refractivity (Wildman–Crippen MR) is 70.5 cm³/mol. The number of aryl methyl sites for hydroxylation is 1. The van der Waals surface area contributed by atoms with Crippen LogP contribution < -0.4 is 10.2 Å². The molecule has 2 N–H and O–H groups in total. The van der Waals surface area contributed by atoms with Crippen LogP contribution in [0.4, 0.5) is 0 Å². The summed E-state index contributed by atoms with van der Waals surface area (Å²) in [7, 11) is -1.42. The van der Waals surface area contributed by atoms with Crippen LogP contribution >= 0.6 is 0 Å². The van der Waals surface area contributed by atoms with E-state index in [4.69, 9.17) is 14.8 Å². The molecule has 0 saturated carbocycles. The van der Waals surface area contributed by atoms with Crippen molar-refractivity contribution in [2.75, 3.05) is 6.61 Å². The third-order valence-corrected chi connectivity index (χ3v) is 2.51. The fourth-order valence-electron chi connectivity index (χ4n) is 1.55. The van der Waals surface area contributed by atoms with E-state index in [1.54, 1.807) is 18.2 Å². The van der Waals surface area contributed by atoms with Gasteiger partial charge >= 0.3 is 7.12 Å². The lowest BCUT2D eigenvalue weighted by molar-refractivity contribution is 0.310. The monoisotopic (exact) mass is 234 g/mol. The van der Waals surface area contributed by atoms with E-state index in [1.807, 2.05) is 19.9 Å². The molecule has 0 aromatic heterocycles. The number of hydrogen-bond donors (Lipinski definition) is 2. The van der Waals surface area contributed by atoms with E-state index in [1.165, 1.54) is 0 Å². The Morgan fingerprint density at radius 1 is 1.35 bits per heavy atom. The molecular formula is C13H19BO3. The van der Waals surface area contributed by atoms with Crippen molar-refractivity contribution in [3.8, 4) is 5.75 Å². The van der Waals surface area contributed by atoms with E-state index >= 15 is 0 Å². The summed E-state index contributed by atoms with van der Waals surface area (Å²) in [5.74, 6) is 0.801. The zero-order chi connectivity index (χ0) is 12.7. The standard InChI is InChI=1S/C13H19BO3/c1-3-4-5-6-9-17-13-8-7-12(14(15)16)10-11(13)2/h3-4,7-8,10,15-16H,5-6,9H2,1-2H3. The minimum atomic E-state index is -1.42. The van der Waals surface area contributed by atoms with Crippen molar-refractivity contribution in [2.45, 2.75) is 26.7 Å². The van der Waals surface area contributed by atoms with Gasteiger partial charge in [-0.15, -0.1) is 0 Å². The predicted octanol–water partition coefficient (Wildman–Crippen LogP) is 1.41. The van der Waals surface area contributed by atoms with Gasteiger partial charge in [0.05, 0.1) is 6.61 Å². The van der Waals surface area contributed by atoms with E-state index < -0.39 is 7.12 Å². The summed E-state index contributed by atoms with van der Waals surface area (Å²) >= 11 is 0. The lowest BCUT2D eigenvalue weighted by atomic mass is 9.79. The highest BCUT2D eigenvalue weighted by Crippen LogP contribution is 2.15. The highest BCUT2D eigenvalue weighted by Gasteiger charge is 2.12. The summed E-state index contributed by atoms with van der Waals surface area (Å²) in [6, 6.07) is 5.17. The fraction of sp³-hybridized carbons (Fsp3) is 0.385. The van der Waals surface area contributed by atoms with Gasteiger partial charge in [-0.25, -0.2) is 0 Å². The van der Waals surface area contributed by atoms with Gasteiger partial charge in [0, 0.05) is 0 Å². The van der Waals surface area contributed by atoms with Crippen molar-refractivity contribution in [3.05, 3.63) is 35.9 Å². The van der Waals surface area contributed by atoms with Crippen molar-refractivity contribution < 1.29 is 14.8 Å². The molecule has 0 amide bonds. The zero-order valence-corrected chi connectivity index (χ0v) is 10.4. The second-order valence-electron chi connectivity index (χ2n) is 3.96. The molecule has 0 aliphatic carbocycles. The molecular weight excluding hydrogens is 215 g/mol. The molecule has 1 rings (SSSR count). The Morgan fingerprint density at radius 2 is 2.12 bits per heavy atom. The van der Waals surface area contributed by atoms with Crippen LogP contribution in [0.3, 0.4) is 0 Å². The van der Waals surface area contributed by atoms with Crippen LogP contribution in [0.2, 0.25) is 0 Å². The van der Waals surface area contributed by atoms with Crippen LogP contribution in [0.5, 0.6) is 5.75 Å². The normalized spacial score (nSPS) is 10.8. The van der Waals surface area contributed by atoms with Crippen molar-refractivity contribution in [2.24, 2.45) is 0 Å². The third kappa shape index (κ3) is 4.63. The van der Waals surface area contributed by atoms with Gasteiger partial charge in [-0.1, -0.05) is 24.3 Å². The molecule has 17 heavy (non-hydrogen) atoms. The second-order valence-corrected chi connectivity index (χ2v) is 3.96. The molecule has 0 fully saturated rings. The summed E-state index contributed by atoms with van der Waals surface area (Å²) in [5.41, 5.74) is 1.41. The third-order valence-electron chi connectivity index (χ3n) is 2.51. The van der Waals surface area contributed by atoms with Crippen LogP contribution in [0.25, 0.3) is 0 Å². The Labute approximate surface area is 103 Å². The van der Waals surface area contributed by atoms with Crippen molar-refractivity contribution in [1.82, 2.24) is 0 Å². The smallest absolute Gasteiger partial charge is 0.488 e. The maximum Gasteiger partial charge on any atom is 0.488 e. The summed E-state index contributed by atoms with van der Waals surface area (Å²) in [4.78, 5) is 0. The Kier molecular flexibility index (Phi) is 5.80. The molecule has 0 heterocycles.